The lowest BCUT2D eigenvalue weighted by molar-refractivity contribution is -0.144. The molecule has 8 nitrogen and oxygen atoms in total. The summed E-state index contributed by atoms with van der Waals surface area (Å²) in [6.07, 6.45) is -5.11. The van der Waals surface area contributed by atoms with Crippen LogP contribution in [-0.2, 0) is 12.6 Å². The van der Waals surface area contributed by atoms with Crippen molar-refractivity contribution in [3.8, 4) is 5.88 Å². The molecule has 0 radical (unpaired) electrons. The fourth-order valence-corrected chi connectivity index (χ4v) is 4.85. The van der Waals surface area contributed by atoms with Gasteiger partial charge in [0.15, 0.2) is 5.69 Å². The zero-order valence-corrected chi connectivity index (χ0v) is 20.8. The van der Waals surface area contributed by atoms with Crippen LogP contribution in [0.5, 0.6) is 5.88 Å². The number of halogens is 6. The summed E-state index contributed by atoms with van der Waals surface area (Å²) in [6.45, 7) is 1.58. The Balaban J connectivity index is 1.32. The lowest BCUT2D eigenvalue weighted by Gasteiger charge is -2.17. The highest BCUT2D eigenvalue weighted by Crippen LogP contribution is 2.28. The average molecular weight is 561 g/mol. The Morgan fingerprint density at radius 2 is 1.92 bits per heavy atom. The highest BCUT2D eigenvalue weighted by atomic mass is 32.1. The molecule has 4 heterocycles. The van der Waals surface area contributed by atoms with E-state index in [-0.39, 0.29) is 36.1 Å². The predicted octanol–water partition coefficient (Wildman–Crippen LogP) is 4.76. The molecule has 3 aromatic rings. The summed E-state index contributed by atoms with van der Waals surface area (Å²) in [6, 6.07) is 3.11. The van der Waals surface area contributed by atoms with E-state index in [4.69, 9.17) is 4.74 Å². The highest BCUT2D eigenvalue weighted by Gasteiger charge is 2.35. The monoisotopic (exact) mass is 560 g/mol. The maximum Gasteiger partial charge on any atom is 0.434 e. The van der Waals surface area contributed by atoms with Gasteiger partial charge >= 0.3 is 12.4 Å². The largest absolute Gasteiger partial charge is 0.477 e. The molecule has 3 aromatic heterocycles. The van der Waals surface area contributed by atoms with Crippen LogP contribution >= 0.6 is 11.5 Å². The number of ether oxygens (including phenoxy) is 1. The number of aryl methyl sites for hydroxylation is 1. The van der Waals surface area contributed by atoms with Gasteiger partial charge in [0.2, 0.25) is 5.88 Å². The van der Waals surface area contributed by atoms with Gasteiger partial charge in [0, 0.05) is 36.0 Å². The van der Waals surface area contributed by atoms with Crippen LogP contribution in [0, 0.1) is 12.8 Å². The van der Waals surface area contributed by atoms with E-state index in [1.165, 1.54) is 17.2 Å². The number of carbonyl (C=O) groups is 1. The summed E-state index contributed by atoms with van der Waals surface area (Å²) >= 11 is 1.04. The van der Waals surface area contributed by atoms with Gasteiger partial charge in [-0.3, -0.25) is 14.7 Å². The fourth-order valence-electron chi connectivity index (χ4n) is 3.97. The Labute approximate surface area is 217 Å². The van der Waals surface area contributed by atoms with Crippen molar-refractivity contribution in [2.24, 2.45) is 5.92 Å². The van der Waals surface area contributed by atoms with Crippen LogP contribution in [0.25, 0.3) is 0 Å². The molecule has 15 heteroatoms. The minimum absolute atomic E-state index is 0.0413. The molecule has 1 fully saturated rings. The van der Waals surface area contributed by atoms with Crippen LogP contribution in [0.4, 0.5) is 32.0 Å². The summed E-state index contributed by atoms with van der Waals surface area (Å²) < 4.78 is 85.6. The molecular formula is C23H22F6N6O2S. The van der Waals surface area contributed by atoms with Gasteiger partial charge in [-0.1, -0.05) is 0 Å². The van der Waals surface area contributed by atoms with Crippen LogP contribution in [0.1, 0.15) is 38.7 Å². The van der Waals surface area contributed by atoms with Crippen LogP contribution in [-0.4, -0.2) is 62.6 Å². The maximum atomic E-state index is 12.9. The van der Waals surface area contributed by atoms with E-state index in [1.807, 2.05) is 0 Å². The number of alkyl halides is 6. The smallest absolute Gasteiger partial charge is 0.434 e. The quantitative estimate of drug-likeness (QED) is 0.397. The molecule has 204 valence electrons. The van der Waals surface area contributed by atoms with Gasteiger partial charge in [-0.05, 0) is 37.5 Å². The second-order valence-corrected chi connectivity index (χ2v) is 9.65. The van der Waals surface area contributed by atoms with Crippen LogP contribution in [0.3, 0.4) is 0 Å². The molecule has 1 aliphatic rings. The number of carbonyl (C=O) groups excluding carboxylic acids is 1. The van der Waals surface area contributed by atoms with E-state index in [2.05, 4.69) is 24.6 Å². The number of aromatic nitrogens is 4. The van der Waals surface area contributed by atoms with E-state index < -0.39 is 30.5 Å². The third-order valence-corrected chi connectivity index (χ3v) is 6.67. The number of hydrogen-bond acceptors (Lipinski definition) is 8. The molecule has 1 amide bonds. The lowest BCUT2D eigenvalue weighted by atomic mass is 10.1. The van der Waals surface area contributed by atoms with Gasteiger partial charge < -0.3 is 10.1 Å². The summed E-state index contributed by atoms with van der Waals surface area (Å²) in [7, 11) is 0. The number of amides is 1. The lowest BCUT2D eigenvalue weighted by Crippen LogP contribution is -2.32. The molecule has 1 atom stereocenters. The van der Waals surface area contributed by atoms with E-state index in [9.17, 15) is 31.1 Å². The van der Waals surface area contributed by atoms with Gasteiger partial charge in [0.05, 0.1) is 48.2 Å². The van der Waals surface area contributed by atoms with Gasteiger partial charge in [-0.2, -0.15) is 30.7 Å². The molecule has 0 unspecified atom stereocenters. The standard InChI is InChI=1S/C23H22F6N6O2S/c1-13-20(17(38-34-13)6-16-8-31-18(9-30-16)23(27,28)29)21(36)33-15-2-3-19(32-7-15)37-11-14-4-5-35(10-14)12-22(24,25)26/h2-3,7-9,14H,4-6,10-12H2,1H3,(H,33,36)/t14-/m0/s1. The van der Waals surface area contributed by atoms with Crippen LogP contribution in [0.15, 0.2) is 30.7 Å². The molecule has 1 aliphatic heterocycles. The van der Waals surface area contributed by atoms with E-state index in [0.717, 1.165) is 17.7 Å². The van der Waals surface area contributed by atoms with Crippen molar-refractivity contribution in [1.82, 2.24) is 24.2 Å². The molecular weight excluding hydrogens is 538 g/mol. The van der Waals surface area contributed by atoms with Gasteiger partial charge in [0.1, 0.15) is 0 Å². The molecule has 1 N–H and O–H groups in total. The predicted molar refractivity (Wildman–Crippen MR) is 125 cm³/mol. The van der Waals surface area contributed by atoms with Crippen molar-refractivity contribution < 1.29 is 35.9 Å². The number of rotatable bonds is 8. The molecule has 0 spiro atoms. The minimum atomic E-state index is -4.60. The van der Waals surface area contributed by atoms with Crippen molar-refractivity contribution in [3.05, 3.63) is 58.2 Å². The van der Waals surface area contributed by atoms with Crippen molar-refractivity contribution in [2.75, 3.05) is 31.6 Å². The van der Waals surface area contributed by atoms with Crippen LogP contribution in [0.2, 0.25) is 0 Å². The molecule has 0 aromatic carbocycles. The maximum absolute atomic E-state index is 12.9. The first-order valence-electron chi connectivity index (χ1n) is 11.4. The number of nitrogens with one attached hydrogen (secondary N) is 1. The number of anilines is 1. The van der Waals surface area contributed by atoms with Gasteiger partial charge in [-0.25, -0.2) is 9.97 Å². The first-order valence-corrected chi connectivity index (χ1v) is 12.2. The number of likely N-dealkylation sites (tertiary alicyclic amines) is 1. The Hall–Kier alpha value is -3.33. The zero-order valence-electron chi connectivity index (χ0n) is 19.9. The SMILES string of the molecule is Cc1nsc(Cc2cnc(C(F)(F)F)cn2)c1C(=O)Nc1ccc(OC[C@H]2CCN(CC(F)(F)F)C2)nc1. The average Bonchev–Trinajstić information content (AvgIpc) is 3.43. The highest BCUT2D eigenvalue weighted by molar-refractivity contribution is 7.06. The molecule has 1 saturated heterocycles. The Morgan fingerprint density at radius 1 is 1.13 bits per heavy atom. The molecule has 0 bridgehead atoms. The van der Waals surface area contributed by atoms with Gasteiger partial charge in [0.25, 0.3) is 5.91 Å². The summed E-state index contributed by atoms with van der Waals surface area (Å²) in [5, 5.41) is 2.70. The number of nitrogens with zero attached hydrogens (tertiary/aromatic N) is 5. The third-order valence-electron chi connectivity index (χ3n) is 5.73. The minimum Gasteiger partial charge on any atom is -0.477 e. The molecule has 4 rings (SSSR count). The molecule has 0 saturated carbocycles. The second kappa shape index (κ2) is 11.2. The Kier molecular flexibility index (Phi) is 8.16. The van der Waals surface area contributed by atoms with Crippen molar-refractivity contribution in [2.45, 2.75) is 32.1 Å². The van der Waals surface area contributed by atoms with Crippen molar-refractivity contribution in [1.29, 1.82) is 0 Å². The van der Waals surface area contributed by atoms with E-state index in [0.29, 0.717) is 42.0 Å². The third kappa shape index (κ3) is 7.37. The first kappa shape index (κ1) is 27.7. The summed E-state index contributed by atoms with van der Waals surface area (Å²) in [5.74, 6) is -0.245. The number of pyridine rings is 1. The zero-order chi connectivity index (χ0) is 27.5. The Bertz CT molecular complexity index is 1250. The van der Waals surface area contributed by atoms with Crippen molar-refractivity contribution >= 4 is 23.1 Å². The second-order valence-electron chi connectivity index (χ2n) is 8.79. The molecule has 38 heavy (non-hydrogen) atoms. The van der Waals surface area contributed by atoms with E-state index in [1.54, 1.807) is 13.0 Å². The van der Waals surface area contributed by atoms with Crippen molar-refractivity contribution in [3.63, 3.8) is 0 Å². The van der Waals surface area contributed by atoms with Crippen LogP contribution < -0.4 is 10.1 Å². The normalized spacial score (nSPS) is 16.6. The fraction of sp³-hybridized carbons (Fsp3) is 0.435. The number of hydrogen-bond donors (Lipinski definition) is 1. The Morgan fingerprint density at radius 3 is 2.55 bits per heavy atom. The summed E-state index contributed by atoms with van der Waals surface area (Å²) in [4.78, 5) is 26.1. The summed E-state index contributed by atoms with van der Waals surface area (Å²) in [5.41, 5.74) is 0.243. The topological polar surface area (TPSA) is 93.1 Å². The van der Waals surface area contributed by atoms with E-state index >= 15 is 0 Å². The first-order chi connectivity index (χ1) is 17.9. The molecule has 0 aliphatic carbocycles. The van der Waals surface area contributed by atoms with Gasteiger partial charge in [-0.15, -0.1) is 0 Å².